The Balaban J connectivity index is 1.46. The first-order chi connectivity index (χ1) is 18.3. The Morgan fingerprint density at radius 3 is 1.41 bits per heavy atom. The Labute approximate surface area is 225 Å². The van der Waals surface area contributed by atoms with Gasteiger partial charge < -0.3 is 20.8 Å². The van der Waals surface area contributed by atoms with Gasteiger partial charge in [0.25, 0.3) is 20.2 Å². The van der Waals surface area contributed by atoms with E-state index in [-0.39, 0.29) is 28.7 Å². The summed E-state index contributed by atoms with van der Waals surface area (Å²) >= 11 is 6.06. The largest absolute Gasteiger partial charge is 0.507 e. The van der Waals surface area contributed by atoms with E-state index in [9.17, 15) is 36.2 Å². The van der Waals surface area contributed by atoms with Crippen LogP contribution < -0.4 is 10.6 Å². The molecule has 39 heavy (non-hydrogen) atoms. The van der Waals surface area contributed by atoms with E-state index in [0.717, 1.165) is 12.1 Å². The van der Waals surface area contributed by atoms with Gasteiger partial charge in [0.15, 0.2) is 0 Å². The molecule has 0 fully saturated rings. The van der Waals surface area contributed by atoms with Crippen molar-refractivity contribution in [2.75, 3.05) is 10.6 Å². The van der Waals surface area contributed by atoms with Gasteiger partial charge in [-0.3, -0.25) is 9.11 Å². The van der Waals surface area contributed by atoms with Crippen molar-refractivity contribution in [3.8, 4) is 11.5 Å². The summed E-state index contributed by atoms with van der Waals surface area (Å²) in [7, 11) is -9.10. The number of rotatable bonds is 6. The number of phenols is 2. The van der Waals surface area contributed by atoms with E-state index in [1.54, 1.807) is 12.1 Å². The van der Waals surface area contributed by atoms with Crippen molar-refractivity contribution in [2.45, 2.75) is 9.79 Å². The lowest BCUT2D eigenvalue weighted by molar-refractivity contribution is 0.470. The molecule has 1 aromatic heterocycles. The normalized spacial score (nSPS) is 12.1. The Hall–Kier alpha value is -4.28. The van der Waals surface area contributed by atoms with E-state index in [1.165, 1.54) is 36.4 Å². The Morgan fingerprint density at radius 2 is 1.03 bits per heavy atom. The summed E-state index contributed by atoms with van der Waals surface area (Å²) in [6, 6.07) is 13.4. The van der Waals surface area contributed by atoms with Crippen molar-refractivity contribution in [2.24, 2.45) is 0 Å². The van der Waals surface area contributed by atoms with Crippen LogP contribution in [0.3, 0.4) is 0 Å². The number of aromatic hydroxyl groups is 2. The fourth-order valence-electron chi connectivity index (χ4n) is 3.82. The van der Waals surface area contributed by atoms with Gasteiger partial charge in [0.05, 0.1) is 9.79 Å². The average Bonchev–Trinajstić information content (AvgIpc) is 2.82. The van der Waals surface area contributed by atoms with Gasteiger partial charge in [-0.2, -0.15) is 31.8 Å². The molecule has 5 aromatic rings. The molecule has 200 valence electrons. The minimum absolute atomic E-state index is 0.000833. The number of benzene rings is 4. The summed E-state index contributed by atoms with van der Waals surface area (Å²) in [4.78, 5) is 11.3. The van der Waals surface area contributed by atoms with Crippen LogP contribution in [0.1, 0.15) is 0 Å². The van der Waals surface area contributed by atoms with Gasteiger partial charge in [0.2, 0.25) is 17.2 Å². The van der Waals surface area contributed by atoms with Gasteiger partial charge in [0, 0.05) is 34.3 Å². The second kappa shape index (κ2) is 9.48. The summed E-state index contributed by atoms with van der Waals surface area (Å²) in [6.07, 6.45) is 0. The van der Waals surface area contributed by atoms with Crippen molar-refractivity contribution in [1.82, 2.24) is 15.0 Å². The van der Waals surface area contributed by atoms with E-state index in [4.69, 9.17) is 11.6 Å². The first-order valence-electron chi connectivity index (χ1n) is 10.7. The first kappa shape index (κ1) is 26.3. The molecule has 0 aliphatic heterocycles. The highest BCUT2D eigenvalue weighted by Crippen LogP contribution is 2.33. The van der Waals surface area contributed by atoms with Crippen molar-refractivity contribution in [3.05, 3.63) is 65.9 Å². The Bertz CT molecular complexity index is 1880. The summed E-state index contributed by atoms with van der Waals surface area (Å²) in [6.45, 7) is 0. The summed E-state index contributed by atoms with van der Waals surface area (Å²) in [5, 5.41) is 27.1. The van der Waals surface area contributed by atoms with Gasteiger partial charge in [-0.15, -0.1) is 0 Å². The van der Waals surface area contributed by atoms with Gasteiger partial charge in [0.1, 0.15) is 11.5 Å². The molecule has 0 radical (unpaired) electrons. The zero-order valence-corrected chi connectivity index (χ0v) is 21.6. The molecule has 0 unspecified atom stereocenters. The van der Waals surface area contributed by atoms with Crippen LogP contribution in [0.25, 0.3) is 21.5 Å². The van der Waals surface area contributed by atoms with Crippen LogP contribution in [0.15, 0.2) is 70.5 Å². The predicted octanol–water partition coefficient (Wildman–Crippen LogP) is 4.22. The third-order valence-corrected chi connectivity index (χ3v) is 7.36. The van der Waals surface area contributed by atoms with Crippen molar-refractivity contribution in [1.29, 1.82) is 0 Å². The lowest BCUT2D eigenvalue weighted by atomic mass is 10.1. The standard InChI is InChI=1S/C23H16ClN5O8S2/c24-21-27-22(25-13-1-3-17-11(5-13)7-15(9-19(17)30)38(32,33)34)29-23(28-21)26-14-2-4-18-12(6-14)8-16(10-20(18)31)39(35,36)37/h1-10,30-31H,(H,32,33,34)(H,35,36,37)(H2,25,26,27,28,29). The fourth-order valence-corrected chi connectivity index (χ4v) is 5.05. The topological polar surface area (TPSA) is 212 Å². The molecule has 6 N–H and O–H groups in total. The molecule has 0 bridgehead atoms. The maximum absolute atomic E-state index is 11.5. The highest BCUT2D eigenvalue weighted by Gasteiger charge is 2.16. The molecule has 5 rings (SSSR count). The second-order valence-electron chi connectivity index (χ2n) is 8.21. The Morgan fingerprint density at radius 1 is 0.615 bits per heavy atom. The maximum Gasteiger partial charge on any atom is 0.294 e. The van der Waals surface area contributed by atoms with E-state index >= 15 is 0 Å². The summed E-state index contributed by atoms with van der Waals surface area (Å²) in [5.41, 5.74) is 0.781. The van der Waals surface area contributed by atoms with Crippen LogP contribution >= 0.6 is 11.6 Å². The quantitative estimate of drug-likeness (QED) is 0.153. The average molecular weight is 590 g/mol. The SMILES string of the molecule is O=S(=O)(O)c1cc(O)c2ccc(Nc3nc(Cl)nc(Nc4ccc5c(O)cc(S(=O)(=O)O)cc5c4)n3)cc2c1. The third kappa shape index (κ3) is 5.62. The third-order valence-electron chi connectivity index (χ3n) is 5.52. The van der Waals surface area contributed by atoms with Crippen LogP contribution in [-0.2, 0) is 20.2 Å². The van der Waals surface area contributed by atoms with E-state index in [0.29, 0.717) is 32.9 Å². The second-order valence-corrected chi connectivity index (χ2v) is 11.4. The number of halogens is 1. The first-order valence-corrected chi connectivity index (χ1v) is 14.0. The molecule has 0 aliphatic rings. The number of hydrogen-bond donors (Lipinski definition) is 6. The highest BCUT2D eigenvalue weighted by molar-refractivity contribution is 7.86. The minimum Gasteiger partial charge on any atom is -0.507 e. The molecular formula is C23H16ClN5O8S2. The van der Waals surface area contributed by atoms with Crippen LogP contribution in [0, 0.1) is 0 Å². The van der Waals surface area contributed by atoms with E-state index in [1.807, 2.05) is 0 Å². The van der Waals surface area contributed by atoms with E-state index < -0.39 is 30.0 Å². The molecule has 4 aromatic carbocycles. The van der Waals surface area contributed by atoms with Crippen LogP contribution in [0.4, 0.5) is 23.3 Å². The lowest BCUT2D eigenvalue weighted by Crippen LogP contribution is -2.04. The molecule has 1 heterocycles. The molecule has 16 heteroatoms. The van der Waals surface area contributed by atoms with Crippen LogP contribution in [0.2, 0.25) is 5.28 Å². The monoisotopic (exact) mass is 589 g/mol. The number of phenolic OH excluding ortho intramolecular Hbond substituents is 2. The molecule has 0 saturated heterocycles. The predicted molar refractivity (Wildman–Crippen MR) is 142 cm³/mol. The van der Waals surface area contributed by atoms with E-state index in [2.05, 4.69) is 25.6 Å². The fraction of sp³-hybridized carbons (Fsp3) is 0. The van der Waals surface area contributed by atoms with Crippen molar-refractivity contribution < 1.29 is 36.2 Å². The minimum atomic E-state index is -4.55. The maximum atomic E-state index is 11.5. The highest BCUT2D eigenvalue weighted by atomic mass is 35.5. The number of anilines is 4. The van der Waals surface area contributed by atoms with Gasteiger partial charge in [-0.1, -0.05) is 0 Å². The zero-order valence-electron chi connectivity index (χ0n) is 19.2. The summed E-state index contributed by atoms with van der Waals surface area (Å²) < 4.78 is 64.7. The molecule has 0 aliphatic carbocycles. The number of hydrogen-bond acceptors (Lipinski definition) is 11. The Kier molecular flexibility index (Phi) is 6.40. The van der Waals surface area contributed by atoms with Gasteiger partial charge in [-0.05, 0) is 70.9 Å². The van der Waals surface area contributed by atoms with Crippen molar-refractivity contribution >= 4 is 76.7 Å². The number of fused-ring (bicyclic) bond motifs is 2. The number of nitrogens with zero attached hydrogens (tertiary/aromatic N) is 3. The number of nitrogens with one attached hydrogen (secondary N) is 2. The summed E-state index contributed by atoms with van der Waals surface area (Å²) in [5.74, 6) is -0.680. The van der Waals surface area contributed by atoms with Gasteiger partial charge in [-0.25, -0.2) is 0 Å². The molecule has 0 spiro atoms. The van der Waals surface area contributed by atoms with Crippen LogP contribution in [-0.4, -0.2) is 51.1 Å². The lowest BCUT2D eigenvalue weighted by Gasteiger charge is -2.11. The zero-order chi connectivity index (χ0) is 28.1. The number of aromatic nitrogens is 3. The molecule has 0 atom stereocenters. The van der Waals surface area contributed by atoms with Crippen LogP contribution in [0.5, 0.6) is 11.5 Å². The molecular weight excluding hydrogens is 574 g/mol. The molecule has 0 saturated carbocycles. The molecule has 13 nitrogen and oxygen atoms in total. The van der Waals surface area contributed by atoms with Crippen molar-refractivity contribution in [3.63, 3.8) is 0 Å². The van der Waals surface area contributed by atoms with Gasteiger partial charge >= 0.3 is 0 Å². The molecule has 0 amide bonds. The smallest absolute Gasteiger partial charge is 0.294 e.